The van der Waals surface area contributed by atoms with E-state index in [-0.39, 0.29) is 11.9 Å². The van der Waals surface area contributed by atoms with Crippen molar-refractivity contribution in [2.45, 2.75) is 31.8 Å². The van der Waals surface area contributed by atoms with Crippen molar-refractivity contribution in [3.8, 4) is 0 Å². The zero-order valence-corrected chi connectivity index (χ0v) is 10.1. The Labute approximate surface area is 102 Å². The summed E-state index contributed by atoms with van der Waals surface area (Å²) in [5.41, 5.74) is 6.51. The van der Waals surface area contributed by atoms with Crippen LogP contribution >= 0.6 is 0 Å². The highest BCUT2D eigenvalue weighted by molar-refractivity contribution is 5.19. The zero-order valence-electron chi connectivity index (χ0n) is 10.1. The van der Waals surface area contributed by atoms with Crippen LogP contribution in [0.25, 0.3) is 0 Å². The zero-order chi connectivity index (χ0) is 12.1. The number of nitrogens with two attached hydrogens (primary N) is 1. The summed E-state index contributed by atoms with van der Waals surface area (Å²) in [4.78, 5) is 0. The summed E-state index contributed by atoms with van der Waals surface area (Å²) in [6.45, 7) is 1.12. The van der Waals surface area contributed by atoms with E-state index in [0.29, 0.717) is 6.54 Å². The number of ether oxygens (including phenoxy) is 1. The molecule has 2 rings (SSSR count). The SMILES string of the molecule is NCC(OCCC1CCC1)c1cccc(F)c1. The van der Waals surface area contributed by atoms with Gasteiger partial charge in [-0.15, -0.1) is 0 Å². The van der Waals surface area contributed by atoms with Crippen LogP contribution in [0, 0.1) is 11.7 Å². The first-order valence-corrected chi connectivity index (χ1v) is 6.36. The third-order valence-corrected chi connectivity index (χ3v) is 3.50. The third-order valence-electron chi connectivity index (χ3n) is 3.50. The molecule has 1 atom stereocenters. The van der Waals surface area contributed by atoms with Gasteiger partial charge in [0.1, 0.15) is 5.82 Å². The first-order chi connectivity index (χ1) is 8.29. The molecule has 0 aliphatic heterocycles. The molecule has 1 saturated carbocycles. The minimum absolute atomic E-state index is 0.175. The van der Waals surface area contributed by atoms with Crippen molar-refractivity contribution in [1.29, 1.82) is 0 Å². The molecule has 2 N–H and O–H groups in total. The molecule has 17 heavy (non-hydrogen) atoms. The van der Waals surface area contributed by atoms with Gasteiger partial charge in [0.15, 0.2) is 0 Å². The first-order valence-electron chi connectivity index (χ1n) is 6.36. The highest BCUT2D eigenvalue weighted by atomic mass is 19.1. The molecule has 0 aromatic heterocycles. The lowest BCUT2D eigenvalue weighted by Crippen LogP contribution is -2.19. The number of rotatable bonds is 6. The van der Waals surface area contributed by atoms with E-state index in [4.69, 9.17) is 10.5 Å². The molecule has 2 nitrogen and oxygen atoms in total. The average Bonchev–Trinajstić information content (AvgIpc) is 2.27. The Morgan fingerprint density at radius 1 is 1.41 bits per heavy atom. The van der Waals surface area contributed by atoms with Crippen LogP contribution in [0.1, 0.15) is 37.4 Å². The van der Waals surface area contributed by atoms with Crippen molar-refractivity contribution < 1.29 is 9.13 Å². The Morgan fingerprint density at radius 2 is 2.24 bits per heavy atom. The van der Waals surface area contributed by atoms with E-state index in [0.717, 1.165) is 24.5 Å². The van der Waals surface area contributed by atoms with Gasteiger partial charge in [-0.1, -0.05) is 31.4 Å². The van der Waals surface area contributed by atoms with E-state index in [1.54, 1.807) is 6.07 Å². The smallest absolute Gasteiger partial charge is 0.123 e. The van der Waals surface area contributed by atoms with Gasteiger partial charge in [0, 0.05) is 13.2 Å². The molecule has 1 aromatic rings. The molecule has 1 fully saturated rings. The molecule has 1 aromatic carbocycles. The summed E-state index contributed by atoms with van der Waals surface area (Å²) in [5, 5.41) is 0. The van der Waals surface area contributed by atoms with Crippen molar-refractivity contribution in [3.63, 3.8) is 0 Å². The molecule has 0 bridgehead atoms. The fourth-order valence-electron chi connectivity index (χ4n) is 2.17. The highest BCUT2D eigenvalue weighted by Gasteiger charge is 2.18. The van der Waals surface area contributed by atoms with Gasteiger partial charge in [0.25, 0.3) is 0 Å². The van der Waals surface area contributed by atoms with E-state index in [9.17, 15) is 4.39 Å². The predicted molar refractivity (Wildman–Crippen MR) is 66.1 cm³/mol. The van der Waals surface area contributed by atoms with Crippen molar-refractivity contribution in [1.82, 2.24) is 0 Å². The quantitative estimate of drug-likeness (QED) is 0.825. The molecule has 1 aliphatic carbocycles. The largest absolute Gasteiger partial charge is 0.372 e. The molecule has 0 saturated heterocycles. The topological polar surface area (TPSA) is 35.2 Å². The second-order valence-corrected chi connectivity index (χ2v) is 4.74. The lowest BCUT2D eigenvalue weighted by atomic mass is 9.83. The summed E-state index contributed by atoms with van der Waals surface area (Å²) >= 11 is 0. The van der Waals surface area contributed by atoms with E-state index in [2.05, 4.69) is 0 Å². The van der Waals surface area contributed by atoms with Crippen LogP contribution in [-0.2, 0) is 4.74 Å². The molecule has 1 unspecified atom stereocenters. The molecule has 0 spiro atoms. The molecule has 1 aliphatic rings. The summed E-state index contributed by atoms with van der Waals surface area (Å²) in [6.07, 6.45) is 4.94. The molecule has 3 heteroatoms. The summed E-state index contributed by atoms with van der Waals surface area (Å²) in [7, 11) is 0. The highest BCUT2D eigenvalue weighted by Crippen LogP contribution is 2.29. The Kier molecular flexibility index (Phi) is 4.51. The predicted octanol–water partition coefficient (Wildman–Crippen LogP) is 3.03. The average molecular weight is 237 g/mol. The lowest BCUT2D eigenvalue weighted by Gasteiger charge is -2.26. The van der Waals surface area contributed by atoms with E-state index in [1.165, 1.54) is 31.4 Å². The molecule has 0 radical (unpaired) electrons. The monoisotopic (exact) mass is 237 g/mol. The minimum atomic E-state index is -0.233. The normalized spacial score (nSPS) is 17.8. The van der Waals surface area contributed by atoms with Crippen molar-refractivity contribution in [3.05, 3.63) is 35.6 Å². The molecule has 0 heterocycles. The van der Waals surface area contributed by atoms with Crippen molar-refractivity contribution in [2.24, 2.45) is 11.7 Å². The fourth-order valence-corrected chi connectivity index (χ4v) is 2.17. The molecule has 94 valence electrons. The second kappa shape index (κ2) is 6.12. The number of hydrogen-bond acceptors (Lipinski definition) is 2. The molecular weight excluding hydrogens is 217 g/mol. The molecular formula is C14H20FNO. The van der Waals surface area contributed by atoms with Crippen LogP contribution in [0.15, 0.2) is 24.3 Å². The van der Waals surface area contributed by atoms with Crippen LogP contribution in [0.2, 0.25) is 0 Å². The van der Waals surface area contributed by atoms with Crippen LogP contribution in [0.4, 0.5) is 4.39 Å². The Morgan fingerprint density at radius 3 is 2.82 bits per heavy atom. The Bertz CT molecular complexity index is 352. The van der Waals surface area contributed by atoms with Gasteiger partial charge in [-0.2, -0.15) is 0 Å². The Balaban J connectivity index is 1.82. The van der Waals surface area contributed by atoms with Gasteiger partial charge in [0.05, 0.1) is 6.10 Å². The van der Waals surface area contributed by atoms with E-state index < -0.39 is 0 Å². The van der Waals surface area contributed by atoms with Crippen molar-refractivity contribution >= 4 is 0 Å². The van der Waals surface area contributed by atoms with Crippen LogP contribution < -0.4 is 5.73 Å². The minimum Gasteiger partial charge on any atom is -0.372 e. The van der Waals surface area contributed by atoms with Crippen LogP contribution in [-0.4, -0.2) is 13.2 Å². The number of hydrogen-bond donors (Lipinski definition) is 1. The first kappa shape index (κ1) is 12.5. The summed E-state index contributed by atoms with van der Waals surface area (Å²) < 4.78 is 18.8. The van der Waals surface area contributed by atoms with Crippen LogP contribution in [0.3, 0.4) is 0 Å². The van der Waals surface area contributed by atoms with E-state index >= 15 is 0 Å². The maximum absolute atomic E-state index is 13.1. The fraction of sp³-hybridized carbons (Fsp3) is 0.571. The third kappa shape index (κ3) is 3.51. The van der Waals surface area contributed by atoms with Gasteiger partial charge >= 0.3 is 0 Å². The second-order valence-electron chi connectivity index (χ2n) is 4.74. The van der Waals surface area contributed by atoms with Gasteiger partial charge in [-0.25, -0.2) is 4.39 Å². The number of halogens is 1. The van der Waals surface area contributed by atoms with Crippen molar-refractivity contribution in [2.75, 3.05) is 13.2 Å². The van der Waals surface area contributed by atoms with Gasteiger partial charge < -0.3 is 10.5 Å². The summed E-state index contributed by atoms with van der Waals surface area (Å²) in [5.74, 6) is 0.601. The van der Waals surface area contributed by atoms with E-state index in [1.807, 2.05) is 6.07 Å². The number of benzene rings is 1. The summed E-state index contributed by atoms with van der Waals surface area (Å²) in [6, 6.07) is 6.50. The van der Waals surface area contributed by atoms with Gasteiger partial charge in [-0.05, 0) is 30.0 Å². The maximum Gasteiger partial charge on any atom is 0.123 e. The standard InChI is InChI=1S/C14H20FNO/c15-13-6-2-5-12(9-13)14(10-16)17-8-7-11-3-1-4-11/h2,5-6,9,11,14H,1,3-4,7-8,10,16H2. The van der Waals surface area contributed by atoms with Gasteiger partial charge in [0.2, 0.25) is 0 Å². The van der Waals surface area contributed by atoms with Crippen LogP contribution in [0.5, 0.6) is 0 Å². The van der Waals surface area contributed by atoms with Gasteiger partial charge in [-0.3, -0.25) is 0 Å². The lowest BCUT2D eigenvalue weighted by molar-refractivity contribution is 0.0422. The molecule has 0 amide bonds. The maximum atomic E-state index is 13.1. The Hall–Kier alpha value is -0.930.